The molecule has 1 rings (SSSR count). The van der Waals surface area contributed by atoms with Gasteiger partial charge in [0.25, 0.3) is 0 Å². The van der Waals surface area contributed by atoms with Gasteiger partial charge in [0.1, 0.15) is 5.75 Å². The average molecular weight is 278 g/mol. The van der Waals surface area contributed by atoms with Crippen molar-refractivity contribution in [2.75, 3.05) is 0 Å². The molecule has 1 aromatic rings. The van der Waals surface area contributed by atoms with Crippen LogP contribution >= 0.6 is 0 Å². The molecule has 0 amide bonds. The molecule has 0 unspecified atom stereocenters. The average Bonchev–Trinajstić information content (AvgIpc) is 2.27. The molecule has 0 aliphatic rings. The molecule has 0 atom stereocenters. The summed E-state index contributed by atoms with van der Waals surface area (Å²) >= 11 is 0. The SMILES string of the molecule is CCc1cc(C(C)=O)ccc1O[Si](C)(C)C(C)(C)C. The lowest BCUT2D eigenvalue weighted by Gasteiger charge is -2.37. The van der Waals surface area contributed by atoms with Crippen LogP contribution in [-0.4, -0.2) is 14.1 Å². The number of hydrogen-bond acceptors (Lipinski definition) is 2. The second-order valence-electron chi connectivity index (χ2n) is 6.59. The van der Waals surface area contributed by atoms with Crippen LogP contribution in [0.15, 0.2) is 18.2 Å². The van der Waals surface area contributed by atoms with Gasteiger partial charge in [0.2, 0.25) is 8.32 Å². The van der Waals surface area contributed by atoms with E-state index in [0.717, 1.165) is 23.3 Å². The van der Waals surface area contributed by atoms with Gasteiger partial charge in [0.15, 0.2) is 5.78 Å². The first kappa shape index (κ1) is 16.0. The largest absolute Gasteiger partial charge is 0.543 e. The normalized spacial score (nSPS) is 12.4. The zero-order valence-corrected chi connectivity index (χ0v) is 14.3. The monoisotopic (exact) mass is 278 g/mol. The standard InChI is InChI=1S/C16H26O2Si/c1-8-13-11-14(12(2)17)9-10-15(13)18-19(6,7)16(3,4)5/h9-11H,8H2,1-7H3. The maximum Gasteiger partial charge on any atom is 0.250 e. The van der Waals surface area contributed by atoms with Crippen molar-refractivity contribution in [3.8, 4) is 5.75 Å². The predicted octanol–water partition coefficient (Wildman–Crippen LogP) is 4.84. The summed E-state index contributed by atoms with van der Waals surface area (Å²) in [5, 5.41) is 0.178. The minimum atomic E-state index is -1.82. The molecular weight excluding hydrogens is 252 g/mol. The van der Waals surface area contributed by atoms with Crippen molar-refractivity contribution in [3.63, 3.8) is 0 Å². The quantitative estimate of drug-likeness (QED) is 0.582. The molecule has 0 saturated carbocycles. The Morgan fingerprint density at radius 3 is 2.26 bits per heavy atom. The summed E-state index contributed by atoms with van der Waals surface area (Å²) in [6.45, 7) is 14.9. The Bertz CT molecular complexity index is 470. The number of ketones is 1. The van der Waals surface area contributed by atoms with Crippen LogP contribution < -0.4 is 4.43 Å². The molecule has 0 fully saturated rings. The molecule has 19 heavy (non-hydrogen) atoms. The predicted molar refractivity (Wildman–Crippen MR) is 83.6 cm³/mol. The lowest BCUT2D eigenvalue weighted by atomic mass is 10.1. The van der Waals surface area contributed by atoms with E-state index in [9.17, 15) is 4.79 Å². The van der Waals surface area contributed by atoms with Gasteiger partial charge < -0.3 is 4.43 Å². The van der Waals surface area contributed by atoms with E-state index in [1.165, 1.54) is 0 Å². The highest BCUT2D eigenvalue weighted by molar-refractivity contribution is 6.74. The van der Waals surface area contributed by atoms with Gasteiger partial charge in [-0.1, -0.05) is 27.7 Å². The van der Waals surface area contributed by atoms with Crippen LogP contribution in [0.4, 0.5) is 0 Å². The van der Waals surface area contributed by atoms with E-state index in [0.29, 0.717) is 0 Å². The Labute approximate surface area is 118 Å². The second kappa shape index (κ2) is 5.49. The van der Waals surface area contributed by atoms with Gasteiger partial charge in [-0.15, -0.1) is 0 Å². The molecule has 0 aliphatic carbocycles. The van der Waals surface area contributed by atoms with Crippen molar-refractivity contribution in [1.29, 1.82) is 0 Å². The fourth-order valence-corrected chi connectivity index (χ4v) is 2.66. The van der Waals surface area contributed by atoms with Crippen LogP contribution in [0.5, 0.6) is 5.75 Å². The Morgan fingerprint density at radius 2 is 1.84 bits per heavy atom. The zero-order valence-electron chi connectivity index (χ0n) is 13.3. The van der Waals surface area contributed by atoms with Gasteiger partial charge in [-0.3, -0.25) is 4.79 Å². The molecule has 2 nitrogen and oxygen atoms in total. The number of rotatable bonds is 4. The van der Waals surface area contributed by atoms with Gasteiger partial charge in [0, 0.05) is 5.56 Å². The van der Waals surface area contributed by atoms with Crippen LogP contribution in [0.25, 0.3) is 0 Å². The van der Waals surface area contributed by atoms with Crippen LogP contribution in [0.2, 0.25) is 18.1 Å². The third kappa shape index (κ3) is 3.69. The minimum Gasteiger partial charge on any atom is -0.543 e. The summed E-state index contributed by atoms with van der Waals surface area (Å²) in [5.74, 6) is 1.05. The van der Waals surface area contributed by atoms with E-state index in [2.05, 4.69) is 40.8 Å². The number of aryl methyl sites for hydroxylation is 1. The van der Waals surface area contributed by atoms with Crippen molar-refractivity contribution < 1.29 is 9.22 Å². The van der Waals surface area contributed by atoms with Crippen LogP contribution in [0.1, 0.15) is 50.5 Å². The highest BCUT2D eigenvalue weighted by Crippen LogP contribution is 2.38. The molecule has 0 radical (unpaired) electrons. The molecule has 0 saturated heterocycles. The maximum atomic E-state index is 11.4. The molecule has 1 aromatic carbocycles. The number of hydrogen-bond donors (Lipinski definition) is 0. The van der Waals surface area contributed by atoms with Crippen LogP contribution in [0.3, 0.4) is 0 Å². The minimum absolute atomic E-state index is 0.105. The summed E-state index contributed by atoms with van der Waals surface area (Å²) < 4.78 is 6.35. The smallest absolute Gasteiger partial charge is 0.250 e. The fraction of sp³-hybridized carbons (Fsp3) is 0.562. The number of Topliss-reactive ketones (excluding diaryl/α,β-unsaturated/α-hetero) is 1. The van der Waals surface area contributed by atoms with Crippen LogP contribution in [0, 0.1) is 0 Å². The summed E-state index contributed by atoms with van der Waals surface area (Å²) in [6.07, 6.45) is 0.880. The third-order valence-electron chi connectivity index (χ3n) is 4.02. The van der Waals surface area contributed by atoms with Crippen molar-refractivity contribution in [1.82, 2.24) is 0 Å². The highest BCUT2D eigenvalue weighted by atomic mass is 28.4. The zero-order chi connectivity index (χ0) is 14.8. The summed E-state index contributed by atoms with van der Waals surface area (Å²) in [5.41, 5.74) is 1.89. The van der Waals surface area contributed by atoms with Crippen molar-refractivity contribution in [3.05, 3.63) is 29.3 Å². The number of carbonyl (C=O) groups is 1. The molecule has 0 spiro atoms. The molecule has 3 heteroatoms. The van der Waals surface area contributed by atoms with E-state index in [-0.39, 0.29) is 10.8 Å². The molecule has 0 N–H and O–H groups in total. The van der Waals surface area contributed by atoms with Crippen molar-refractivity contribution >= 4 is 14.1 Å². The summed E-state index contributed by atoms with van der Waals surface area (Å²) in [7, 11) is -1.82. The first-order valence-corrected chi connectivity index (χ1v) is 9.82. The van der Waals surface area contributed by atoms with Gasteiger partial charge in [-0.2, -0.15) is 0 Å². The van der Waals surface area contributed by atoms with Gasteiger partial charge in [0.05, 0.1) is 0 Å². The third-order valence-corrected chi connectivity index (χ3v) is 8.36. The summed E-state index contributed by atoms with van der Waals surface area (Å²) in [4.78, 5) is 11.4. The van der Waals surface area contributed by atoms with E-state index in [1.807, 2.05) is 18.2 Å². The lowest BCUT2D eigenvalue weighted by Crippen LogP contribution is -2.44. The first-order valence-electron chi connectivity index (χ1n) is 6.91. The molecule has 0 bridgehead atoms. The number of carbonyl (C=O) groups excluding carboxylic acids is 1. The van der Waals surface area contributed by atoms with Crippen molar-refractivity contribution in [2.24, 2.45) is 0 Å². The van der Waals surface area contributed by atoms with Crippen molar-refractivity contribution in [2.45, 2.75) is 59.2 Å². The maximum absolute atomic E-state index is 11.4. The Balaban J connectivity index is 3.12. The van der Waals surface area contributed by atoms with E-state index in [1.54, 1.807) is 6.92 Å². The summed E-state index contributed by atoms with van der Waals surface area (Å²) in [6, 6.07) is 5.78. The molecular formula is C16H26O2Si. The topological polar surface area (TPSA) is 26.3 Å². The Hall–Kier alpha value is -1.09. The lowest BCUT2D eigenvalue weighted by molar-refractivity contribution is 0.101. The molecule has 106 valence electrons. The molecule has 0 aliphatic heterocycles. The molecule has 0 aromatic heterocycles. The van der Waals surface area contributed by atoms with E-state index in [4.69, 9.17) is 4.43 Å². The van der Waals surface area contributed by atoms with Gasteiger partial charge >= 0.3 is 0 Å². The van der Waals surface area contributed by atoms with Gasteiger partial charge in [-0.25, -0.2) is 0 Å². The van der Waals surface area contributed by atoms with E-state index < -0.39 is 8.32 Å². The number of benzene rings is 1. The fourth-order valence-electron chi connectivity index (χ4n) is 1.60. The van der Waals surface area contributed by atoms with Crippen LogP contribution in [-0.2, 0) is 6.42 Å². The second-order valence-corrected chi connectivity index (χ2v) is 11.3. The Morgan fingerprint density at radius 1 is 1.26 bits per heavy atom. The first-order chi connectivity index (χ1) is 8.58. The molecule has 0 heterocycles. The van der Waals surface area contributed by atoms with Gasteiger partial charge in [-0.05, 0) is 55.2 Å². The Kier molecular flexibility index (Phi) is 4.61. The van der Waals surface area contributed by atoms with E-state index >= 15 is 0 Å². The highest BCUT2D eigenvalue weighted by Gasteiger charge is 2.39.